The Kier molecular flexibility index (Phi) is 4.90. The lowest BCUT2D eigenvalue weighted by Crippen LogP contribution is -2.33. The standard InChI is InChI=1S/C22H22N4O4S/c1-28-16-9-13(10-17(29-2)21(16)30-3)12-7-14-19(15(27)8-12)20(18-5-4-6-31-18)26-22(25-14)23-11-24-26/h4-6,9-12,20H,7-8H2,1-3H3,(H,23,24,25)/t12-,20-/m0/s1. The first-order chi connectivity index (χ1) is 15.1. The third-order valence-electron chi connectivity index (χ3n) is 5.83. The van der Waals surface area contributed by atoms with E-state index in [4.69, 9.17) is 14.2 Å². The van der Waals surface area contributed by atoms with E-state index in [0.717, 1.165) is 21.7 Å². The van der Waals surface area contributed by atoms with Crippen LogP contribution >= 0.6 is 11.3 Å². The minimum atomic E-state index is -0.248. The summed E-state index contributed by atoms with van der Waals surface area (Å²) in [6, 6.07) is 7.63. The minimum absolute atomic E-state index is 0.0223. The number of hydrogen-bond acceptors (Lipinski definition) is 8. The predicted octanol–water partition coefficient (Wildman–Crippen LogP) is 3.78. The molecule has 3 aromatic rings. The molecule has 1 aliphatic carbocycles. The number of nitrogens with zero attached hydrogens (tertiary/aromatic N) is 3. The van der Waals surface area contributed by atoms with Crippen LogP contribution in [0.2, 0.25) is 0 Å². The van der Waals surface area contributed by atoms with Gasteiger partial charge in [0.2, 0.25) is 11.7 Å². The number of carbonyl (C=O) groups excluding carboxylic acids is 1. The quantitative estimate of drug-likeness (QED) is 0.649. The third-order valence-corrected chi connectivity index (χ3v) is 6.76. The van der Waals surface area contributed by atoms with E-state index in [1.54, 1.807) is 37.3 Å². The molecule has 5 rings (SSSR count). The second-order valence-corrected chi connectivity index (χ2v) is 8.43. The lowest BCUT2D eigenvalue weighted by Gasteiger charge is -2.34. The van der Waals surface area contributed by atoms with E-state index in [-0.39, 0.29) is 17.7 Å². The van der Waals surface area contributed by atoms with E-state index in [2.05, 4.69) is 15.4 Å². The Morgan fingerprint density at radius 1 is 1.13 bits per heavy atom. The van der Waals surface area contributed by atoms with Crippen molar-refractivity contribution in [1.82, 2.24) is 14.8 Å². The van der Waals surface area contributed by atoms with Gasteiger partial charge in [-0.1, -0.05) is 6.07 Å². The molecule has 0 unspecified atom stereocenters. The van der Waals surface area contributed by atoms with Gasteiger partial charge >= 0.3 is 0 Å². The fraction of sp³-hybridized carbons (Fsp3) is 0.318. The molecule has 0 saturated carbocycles. The summed E-state index contributed by atoms with van der Waals surface area (Å²) in [5.74, 6) is 2.43. The Morgan fingerprint density at radius 2 is 1.90 bits per heavy atom. The number of aromatic nitrogens is 3. The van der Waals surface area contributed by atoms with Crippen molar-refractivity contribution in [2.75, 3.05) is 26.6 Å². The number of nitrogens with one attached hydrogen (secondary N) is 1. The number of fused-ring (bicyclic) bond motifs is 1. The third kappa shape index (κ3) is 3.16. The molecule has 0 radical (unpaired) electrons. The van der Waals surface area contributed by atoms with Crippen molar-refractivity contribution in [2.24, 2.45) is 0 Å². The maximum absolute atomic E-state index is 13.4. The van der Waals surface area contributed by atoms with Crippen LogP contribution in [0.1, 0.15) is 35.2 Å². The highest BCUT2D eigenvalue weighted by molar-refractivity contribution is 7.10. The number of benzene rings is 1. The number of anilines is 1. The molecule has 0 spiro atoms. The number of Topliss-reactive ketones (excluding diaryl/α,β-unsaturated/α-hetero) is 1. The van der Waals surface area contributed by atoms with Crippen molar-refractivity contribution in [3.05, 3.63) is 57.7 Å². The fourth-order valence-electron chi connectivity index (χ4n) is 4.43. The molecule has 1 N–H and O–H groups in total. The fourth-order valence-corrected chi connectivity index (χ4v) is 5.25. The zero-order chi connectivity index (χ0) is 21.5. The maximum Gasteiger partial charge on any atom is 0.226 e. The number of rotatable bonds is 5. The highest BCUT2D eigenvalue weighted by Crippen LogP contribution is 2.47. The van der Waals surface area contributed by atoms with Gasteiger partial charge in [-0.2, -0.15) is 10.1 Å². The van der Waals surface area contributed by atoms with Crippen LogP contribution in [0.5, 0.6) is 17.2 Å². The second kappa shape index (κ2) is 7.73. The first-order valence-electron chi connectivity index (χ1n) is 9.90. The largest absolute Gasteiger partial charge is 0.493 e. The number of ketones is 1. The zero-order valence-electron chi connectivity index (χ0n) is 17.4. The normalized spacial score (nSPS) is 20.0. The van der Waals surface area contributed by atoms with Gasteiger partial charge in [-0.25, -0.2) is 4.68 Å². The Bertz CT molecular complexity index is 1140. The summed E-state index contributed by atoms with van der Waals surface area (Å²) >= 11 is 1.62. The summed E-state index contributed by atoms with van der Waals surface area (Å²) in [5.41, 5.74) is 2.63. The van der Waals surface area contributed by atoms with Crippen LogP contribution in [0.15, 0.2) is 47.2 Å². The smallest absolute Gasteiger partial charge is 0.226 e. The van der Waals surface area contributed by atoms with Gasteiger partial charge < -0.3 is 19.5 Å². The Hall–Kier alpha value is -3.33. The monoisotopic (exact) mass is 438 g/mol. The molecule has 9 heteroatoms. The van der Waals surface area contributed by atoms with Crippen LogP contribution in [-0.2, 0) is 4.79 Å². The lowest BCUT2D eigenvalue weighted by molar-refractivity contribution is -0.116. The van der Waals surface area contributed by atoms with E-state index < -0.39 is 0 Å². The predicted molar refractivity (Wildman–Crippen MR) is 116 cm³/mol. The number of carbonyl (C=O) groups is 1. The van der Waals surface area contributed by atoms with Gasteiger partial charge in [0.15, 0.2) is 17.3 Å². The molecular weight excluding hydrogens is 416 g/mol. The molecule has 160 valence electrons. The van der Waals surface area contributed by atoms with Gasteiger partial charge in [0, 0.05) is 22.6 Å². The van der Waals surface area contributed by atoms with Gasteiger partial charge in [-0.05, 0) is 41.5 Å². The van der Waals surface area contributed by atoms with Crippen molar-refractivity contribution in [1.29, 1.82) is 0 Å². The molecule has 2 atom stereocenters. The first-order valence-corrected chi connectivity index (χ1v) is 10.8. The van der Waals surface area contributed by atoms with Crippen molar-refractivity contribution in [3.8, 4) is 17.2 Å². The van der Waals surface area contributed by atoms with E-state index in [9.17, 15) is 4.79 Å². The van der Waals surface area contributed by atoms with Crippen LogP contribution in [0.25, 0.3) is 0 Å². The molecule has 2 aliphatic rings. The van der Waals surface area contributed by atoms with Crippen LogP contribution < -0.4 is 19.5 Å². The summed E-state index contributed by atoms with van der Waals surface area (Å²) in [5, 5.41) is 9.74. The van der Waals surface area contributed by atoms with Crippen LogP contribution in [0.3, 0.4) is 0 Å². The van der Waals surface area contributed by atoms with Crippen molar-refractivity contribution in [3.63, 3.8) is 0 Å². The Balaban J connectivity index is 1.56. The van der Waals surface area contributed by atoms with Gasteiger partial charge in [0.05, 0.1) is 21.3 Å². The van der Waals surface area contributed by atoms with Crippen LogP contribution in [-0.4, -0.2) is 41.9 Å². The summed E-state index contributed by atoms with van der Waals surface area (Å²) in [7, 11) is 4.76. The highest BCUT2D eigenvalue weighted by atomic mass is 32.1. The van der Waals surface area contributed by atoms with E-state index in [1.807, 2.05) is 29.6 Å². The molecule has 1 aromatic carbocycles. The highest BCUT2D eigenvalue weighted by Gasteiger charge is 2.40. The molecular formula is C22H22N4O4S. The van der Waals surface area contributed by atoms with Crippen molar-refractivity contribution < 1.29 is 19.0 Å². The van der Waals surface area contributed by atoms with Crippen molar-refractivity contribution >= 4 is 23.1 Å². The SMILES string of the molecule is COc1cc([C@@H]2CC(=O)C3=C(C2)Nc2ncnn2[C@H]3c2cccs2)cc(OC)c1OC. The average Bonchev–Trinajstić information content (AvgIpc) is 3.48. The summed E-state index contributed by atoms with van der Waals surface area (Å²) in [6.07, 6.45) is 2.59. The number of hydrogen-bond donors (Lipinski definition) is 1. The second-order valence-electron chi connectivity index (χ2n) is 7.45. The van der Waals surface area contributed by atoms with E-state index in [1.165, 1.54) is 6.33 Å². The zero-order valence-corrected chi connectivity index (χ0v) is 18.2. The summed E-state index contributed by atoms with van der Waals surface area (Å²) in [6.45, 7) is 0. The van der Waals surface area contributed by atoms with Gasteiger partial charge in [-0.15, -0.1) is 11.3 Å². The molecule has 31 heavy (non-hydrogen) atoms. The number of allylic oxidation sites excluding steroid dienone is 2. The summed E-state index contributed by atoms with van der Waals surface area (Å²) in [4.78, 5) is 18.9. The topological polar surface area (TPSA) is 87.5 Å². The molecule has 2 aromatic heterocycles. The Morgan fingerprint density at radius 3 is 2.55 bits per heavy atom. The minimum Gasteiger partial charge on any atom is -0.493 e. The Labute approximate surface area is 183 Å². The molecule has 0 fully saturated rings. The molecule has 1 aliphatic heterocycles. The lowest BCUT2D eigenvalue weighted by atomic mass is 9.78. The van der Waals surface area contributed by atoms with Gasteiger partial charge in [0.25, 0.3) is 0 Å². The number of methoxy groups -OCH3 is 3. The van der Waals surface area contributed by atoms with E-state index >= 15 is 0 Å². The van der Waals surface area contributed by atoms with Crippen molar-refractivity contribution in [2.45, 2.75) is 24.8 Å². The van der Waals surface area contributed by atoms with Gasteiger partial charge in [0.1, 0.15) is 12.4 Å². The maximum atomic E-state index is 13.4. The molecule has 0 saturated heterocycles. The molecule has 0 bridgehead atoms. The summed E-state index contributed by atoms with van der Waals surface area (Å²) < 4.78 is 18.2. The van der Waals surface area contributed by atoms with Crippen LogP contribution in [0.4, 0.5) is 5.95 Å². The van der Waals surface area contributed by atoms with Gasteiger partial charge in [-0.3, -0.25) is 4.79 Å². The molecule has 0 amide bonds. The van der Waals surface area contributed by atoms with E-state index in [0.29, 0.717) is 36.0 Å². The first kappa shape index (κ1) is 19.6. The number of ether oxygens (including phenoxy) is 3. The molecule has 8 nitrogen and oxygen atoms in total. The average molecular weight is 439 g/mol. The number of thiophene rings is 1. The van der Waals surface area contributed by atoms with Crippen LogP contribution in [0, 0.1) is 0 Å². The molecule has 3 heterocycles.